The molecule has 1 N–H and O–H groups in total. The van der Waals surface area contributed by atoms with Crippen LogP contribution in [0.4, 0.5) is 0 Å². The fourth-order valence-corrected chi connectivity index (χ4v) is 2.72. The third kappa shape index (κ3) is 5.92. The quantitative estimate of drug-likeness (QED) is 0.611. The zero-order chi connectivity index (χ0) is 18.1. The second kappa shape index (κ2) is 9.43. The minimum Gasteiger partial charge on any atom is -0.341 e. The molecule has 0 aliphatic rings. The number of fused-ring (bicyclic) bond motifs is 1. The molecule has 130 valence electrons. The van der Waals surface area contributed by atoms with Crippen LogP contribution in [-0.2, 0) is 14.4 Å². The number of unbranched alkanes of at least 4 members (excludes halogenated alkanes) is 2. The molecule has 0 heterocycles. The van der Waals surface area contributed by atoms with Gasteiger partial charge in [0.1, 0.15) is 0 Å². The third-order valence-corrected chi connectivity index (χ3v) is 4.04. The van der Waals surface area contributed by atoms with Crippen molar-refractivity contribution >= 4 is 22.6 Å². The van der Waals surface area contributed by atoms with Crippen LogP contribution >= 0.6 is 0 Å². The molecule has 1 amide bonds. The summed E-state index contributed by atoms with van der Waals surface area (Å²) in [6.45, 7) is 1.23. The van der Waals surface area contributed by atoms with E-state index in [0.717, 1.165) is 30.2 Å². The summed E-state index contributed by atoms with van der Waals surface area (Å²) in [5.74, 6) is -0.985. The van der Waals surface area contributed by atoms with Gasteiger partial charge in [-0.1, -0.05) is 49.2 Å². The molecule has 5 heteroatoms. The van der Waals surface area contributed by atoms with Gasteiger partial charge in [0.15, 0.2) is 0 Å². The van der Waals surface area contributed by atoms with Crippen LogP contribution in [0, 0.1) is 11.3 Å². The van der Waals surface area contributed by atoms with Gasteiger partial charge in [0, 0.05) is 13.3 Å². The van der Waals surface area contributed by atoms with E-state index in [2.05, 4.69) is 34.6 Å². The maximum absolute atomic E-state index is 11.4. The molecule has 1 unspecified atom stereocenters. The highest BCUT2D eigenvalue weighted by Gasteiger charge is 2.11. The molecule has 0 aliphatic heterocycles. The number of hydroxylamine groups is 1. The number of hydrogen-bond acceptors (Lipinski definition) is 4. The van der Waals surface area contributed by atoms with Crippen molar-refractivity contribution in [2.45, 2.75) is 44.9 Å². The highest BCUT2D eigenvalue weighted by atomic mass is 16.7. The van der Waals surface area contributed by atoms with E-state index in [1.807, 2.05) is 24.3 Å². The molecule has 5 nitrogen and oxygen atoms in total. The lowest BCUT2D eigenvalue weighted by atomic mass is 9.92. The molecule has 0 spiro atoms. The molecule has 0 saturated heterocycles. The topological polar surface area (TPSA) is 79.2 Å². The lowest BCUT2D eigenvalue weighted by Gasteiger charge is -2.10. The molecule has 25 heavy (non-hydrogen) atoms. The van der Waals surface area contributed by atoms with Crippen LogP contribution in [0.2, 0.25) is 0 Å². The van der Waals surface area contributed by atoms with Gasteiger partial charge in [0.05, 0.1) is 12.0 Å². The highest BCUT2D eigenvalue weighted by Crippen LogP contribution is 2.25. The minimum absolute atomic E-state index is 0.139. The van der Waals surface area contributed by atoms with Crippen molar-refractivity contribution in [3.05, 3.63) is 48.0 Å². The maximum Gasteiger partial charge on any atom is 0.329 e. The van der Waals surface area contributed by atoms with Gasteiger partial charge in [0.2, 0.25) is 0 Å². The van der Waals surface area contributed by atoms with E-state index in [1.165, 1.54) is 12.3 Å². The Balaban J connectivity index is 1.77. The van der Waals surface area contributed by atoms with E-state index in [-0.39, 0.29) is 11.8 Å². The Kier molecular flexibility index (Phi) is 6.97. The van der Waals surface area contributed by atoms with Gasteiger partial charge in [-0.3, -0.25) is 9.59 Å². The van der Waals surface area contributed by atoms with E-state index in [0.29, 0.717) is 12.8 Å². The molecule has 1 atom stereocenters. The molecule has 0 aromatic heterocycles. The van der Waals surface area contributed by atoms with E-state index in [4.69, 9.17) is 0 Å². The zero-order valence-electron chi connectivity index (χ0n) is 14.3. The van der Waals surface area contributed by atoms with Crippen LogP contribution in [-0.4, -0.2) is 11.9 Å². The van der Waals surface area contributed by atoms with Crippen molar-refractivity contribution in [2.24, 2.45) is 0 Å². The smallest absolute Gasteiger partial charge is 0.329 e. The molecular formula is C20H22N2O3. The number of nitriles is 1. The van der Waals surface area contributed by atoms with Crippen LogP contribution in [0.5, 0.6) is 0 Å². The second-order valence-electron chi connectivity index (χ2n) is 6.01. The van der Waals surface area contributed by atoms with Crippen LogP contribution < -0.4 is 5.48 Å². The van der Waals surface area contributed by atoms with Crippen molar-refractivity contribution in [1.82, 2.24) is 5.48 Å². The molecular weight excluding hydrogens is 316 g/mol. The number of carbonyl (C=O) groups excluding carboxylic acids is 2. The molecule has 0 aliphatic carbocycles. The van der Waals surface area contributed by atoms with Gasteiger partial charge < -0.3 is 4.84 Å². The average Bonchev–Trinajstić information content (AvgIpc) is 2.62. The molecule has 2 rings (SSSR count). The third-order valence-electron chi connectivity index (χ3n) is 4.04. The Hall–Kier alpha value is -2.87. The summed E-state index contributed by atoms with van der Waals surface area (Å²) in [6, 6.07) is 16.6. The Bertz CT molecular complexity index is 780. The molecule has 2 aromatic carbocycles. The number of amides is 1. The van der Waals surface area contributed by atoms with Crippen molar-refractivity contribution in [3.63, 3.8) is 0 Å². The Morgan fingerprint density at radius 3 is 2.60 bits per heavy atom. The molecule has 0 saturated carbocycles. The molecule has 0 bridgehead atoms. The predicted molar refractivity (Wildman–Crippen MR) is 95.3 cm³/mol. The highest BCUT2D eigenvalue weighted by molar-refractivity contribution is 5.83. The Morgan fingerprint density at radius 2 is 1.88 bits per heavy atom. The molecule has 2 aromatic rings. The van der Waals surface area contributed by atoms with Crippen LogP contribution in [0.3, 0.4) is 0 Å². The summed E-state index contributed by atoms with van der Waals surface area (Å²) in [6.07, 6.45) is 3.48. The van der Waals surface area contributed by atoms with Crippen molar-refractivity contribution in [1.29, 1.82) is 5.26 Å². The SMILES string of the molecule is CC(=O)ONC(=O)CCCCCC(C#N)c1ccc2ccccc2c1. The van der Waals surface area contributed by atoms with E-state index in [9.17, 15) is 14.9 Å². The van der Waals surface area contributed by atoms with Crippen molar-refractivity contribution in [2.75, 3.05) is 0 Å². The first-order valence-electron chi connectivity index (χ1n) is 8.44. The van der Waals surface area contributed by atoms with Crippen LogP contribution in [0.1, 0.15) is 50.5 Å². The predicted octanol–water partition coefficient (Wildman–Crippen LogP) is 3.99. The zero-order valence-corrected chi connectivity index (χ0v) is 14.3. The number of nitrogens with one attached hydrogen (secondary N) is 1. The van der Waals surface area contributed by atoms with E-state index < -0.39 is 5.97 Å². The number of benzene rings is 2. The summed E-state index contributed by atoms with van der Waals surface area (Å²) >= 11 is 0. The summed E-state index contributed by atoms with van der Waals surface area (Å²) in [4.78, 5) is 26.4. The van der Waals surface area contributed by atoms with E-state index in [1.54, 1.807) is 0 Å². The number of rotatable bonds is 7. The first-order chi connectivity index (χ1) is 12.1. The average molecular weight is 338 g/mol. The van der Waals surface area contributed by atoms with Gasteiger partial charge in [-0.15, -0.1) is 0 Å². The molecule has 0 radical (unpaired) electrons. The van der Waals surface area contributed by atoms with Crippen LogP contribution in [0.15, 0.2) is 42.5 Å². The van der Waals surface area contributed by atoms with Crippen molar-refractivity contribution in [3.8, 4) is 6.07 Å². The van der Waals surface area contributed by atoms with Gasteiger partial charge in [-0.25, -0.2) is 0 Å². The summed E-state index contributed by atoms with van der Waals surface area (Å²) in [7, 11) is 0. The van der Waals surface area contributed by atoms with Gasteiger partial charge in [0.25, 0.3) is 5.91 Å². The lowest BCUT2D eigenvalue weighted by Crippen LogP contribution is -2.25. The fourth-order valence-electron chi connectivity index (χ4n) is 2.72. The van der Waals surface area contributed by atoms with Crippen LogP contribution in [0.25, 0.3) is 10.8 Å². The first kappa shape index (κ1) is 18.5. The fraction of sp³-hybridized carbons (Fsp3) is 0.350. The van der Waals surface area contributed by atoms with E-state index >= 15 is 0 Å². The second-order valence-corrected chi connectivity index (χ2v) is 6.01. The largest absolute Gasteiger partial charge is 0.341 e. The van der Waals surface area contributed by atoms with Gasteiger partial charge in [-0.2, -0.15) is 10.7 Å². The van der Waals surface area contributed by atoms with Crippen molar-refractivity contribution < 1.29 is 14.4 Å². The summed E-state index contributed by atoms with van der Waals surface area (Å²) < 4.78 is 0. The first-order valence-corrected chi connectivity index (χ1v) is 8.44. The van der Waals surface area contributed by atoms with Gasteiger partial charge in [-0.05, 0) is 35.2 Å². The lowest BCUT2D eigenvalue weighted by molar-refractivity contribution is -0.156. The normalized spacial score (nSPS) is 11.5. The Labute approximate surface area is 147 Å². The summed E-state index contributed by atoms with van der Waals surface area (Å²) in [5.41, 5.74) is 3.13. The molecule has 0 fully saturated rings. The maximum atomic E-state index is 11.4. The number of nitrogens with zero attached hydrogens (tertiary/aromatic N) is 1. The monoisotopic (exact) mass is 338 g/mol. The van der Waals surface area contributed by atoms with Gasteiger partial charge >= 0.3 is 5.97 Å². The minimum atomic E-state index is -0.541. The number of carbonyl (C=O) groups is 2. The Morgan fingerprint density at radius 1 is 1.12 bits per heavy atom. The summed E-state index contributed by atoms with van der Waals surface area (Å²) in [5, 5.41) is 11.8. The standard InChI is InChI=1S/C20H22N2O3/c1-15(23)25-22-20(24)10-4-2-3-9-19(14-21)18-12-11-16-7-5-6-8-17(16)13-18/h5-8,11-13,19H,2-4,9-10H2,1H3,(H,22,24). The number of hydrogen-bond donors (Lipinski definition) is 1.